The summed E-state index contributed by atoms with van der Waals surface area (Å²) in [5.74, 6) is -4.99. The van der Waals surface area contributed by atoms with E-state index < -0.39 is 58.1 Å². The van der Waals surface area contributed by atoms with Gasteiger partial charge in [-0.05, 0) is 46.2 Å². The van der Waals surface area contributed by atoms with Crippen molar-refractivity contribution < 1.29 is 81.4 Å². The van der Waals surface area contributed by atoms with Crippen molar-refractivity contribution in [2.45, 2.75) is 106 Å². The van der Waals surface area contributed by atoms with Crippen molar-refractivity contribution in [2.75, 3.05) is 58.3 Å². The molecule has 0 aliphatic rings. The highest BCUT2D eigenvalue weighted by molar-refractivity contribution is 7.10. The number of ether oxygens (including phenoxy) is 7. The van der Waals surface area contributed by atoms with Gasteiger partial charge < -0.3 is 59.3 Å². The molecule has 0 spiro atoms. The van der Waals surface area contributed by atoms with Gasteiger partial charge in [0.1, 0.15) is 34.9 Å². The normalized spacial score (nSPS) is 9.16. The fourth-order valence-electron chi connectivity index (χ4n) is 6.18. The molecule has 0 unspecified atom stereocenters. The molecule has 1 amide bonds. The maximum absolute atomic E-state index is 11.6. The lowest BCUT2D eigenvalue weighted by atomic mass is 10.2. The molecule has 8 rings (SSSR count). The molecule has 0 fully saturated rings. The van der Waals surface area contributed by atoms with Crippen molar-refractivity contribution in [3.05, 3.63) is 118 Å². The molecule has 0 saturated heterocycles. The van der Waals surface area contributed by atoms with Crippen LogP contribution in [0.15, 0.2) is 63.4 Å². The van der Waals surface area contributed by atoms with Gasteiger partial charge in [-0.1, -0.05) is 93.2 Å². The molecule has 0 aliphatic carbocycles. The van der Waals surface area contributed by atoms with Crippen LogP contribution in [0.25, 0.3) is 32.7 Å². The van der Waals surface area contributed by atoms with Crippen LogP contribution in [0.3, 0.4) is 0 Å². The summed E-state index contributed by atoms with van der Waals surface area (Å²) in [5, 5.41) is 31.0. The van der Waals surface area contributed by atoms with E-state index >= 15 is 0 Å². The van der Waals surface area contributed by atoms with Crippen LogP contribution in [-0.2, 0) is 52.3 Å². The fourth-order valence-corrected chi connectivity index (χ4v) is 11.1. The molecule has 34 heteroatoms. The zero-order valence-electron chi connectivity index (χ0n) is 48.0. The van der Waals surface area contributed by atoms with Crippen LogP contribution >= 0.6 is 115 Å². The zero-order valence-corrected chi connectivity index (χ0v) is 55.9. The first-order valence-electron chi connectivity index (χ1n) is 25.1. The van der Waals surface area contributed by atoms with Gasteiger partial charge in [0.15, 0.2) is 5.56 Å². The van der Waals surface area contributed by atoms with Crippen LogP contribution < -0.4 is 22.2 Å². The number of carbonyl (C=O) groups excluding carboxylic acids is 9. The summed E-state index contributed by atoms with van der Waals surface area (Å²) in [6.07, 6.45) is -0.723. The van der Waals surface area contributed by atoms with Gasteiger partial charge in [0, 0.05) is 64.6 Å². The molecule has 0 aromatic carbocycles. The lowest BCUT2D eigenvalue weighted by Crippen LogP contribution is -2.20. The van der Waals surface area contributed by atoms with Crippen LogP contribution in [0.1, 0.15) is 158 Å². The van der Waals surface area contributed by atoms with E-state index in [0.717, 1.165) is 5.39 Å². The number of hydrogen-bond acceptors (Lipinski definition) is 26. The van der Waals surface area contributed by atoms with Gasteiger partial charge in [0.25, 0.3) is 11.1 Å². The van der Waals surface area contributed by atoms with Crippen molar-refractivity contribution in [1.82, 2.24) is 15.0 Å². The Morgan fingerprint density at radius 3 is 1.39 bits per heavy atom. The number of rotatable bonds is 15. The van der Waals surface area contributed by atoms with E-state index in [-0.39, 0.29) is 147 Å². The van der Waals surface area contributed by atoms with E-state index in [1.807, 2.05) is 24.6 Å². The quantitative estimate of drug-likeness (QED) is 0.0209. The van der Waals surface area contributed by atoms with Crippen molar-refractivity contribution in [3.8, 4) is 5.75 Å². The van der Waals surface area contributed by atoms with Crippen molar-refractivity contribution in [3.63, 3.8) is 0 Å². The minimum absolute atomic E-state index is 0. The standard InChI is InChI=1S/C11H13NO5S.C10H7Cl2NO2S.C10H8ClNO3S.C10H9NO4S.C6H7NO2S.C5H7ClO3.C2H6.6CH4.ClH/c1-3-17-10(14)4-9(13)12-8-6-18-5-7(8)11(15)16-2;1-2-15-10(14)7-8(11)5-3-16-4-6(5)13-9(7)12;1-2-15-10(14)7-8(11)5-3-16-4-6(5)12-9(7)13;1-2-15-10(14)7-8(12)5-3-16-4-6(5)11-9(7)13;1-9-6(8)4-2-10-3-5(4)7;1-2-9-5(8)3-4(6)7;1-2;;;;;;;/h5-6H,3-4H2,1-2H3,(H,12,13);3-4H,2H2,1H3;3-4H,2H2,1H3,(H,12,13);3-4,12H,2H2,1H3,(H,11,13);2-3H,7H2,1H3;2-3H2,1H3;1-2H3;6*1H4;1H. The van der Waals surface area contributed by atoms with Gasteiger partial charge in [0.2, 0.25) is 11.1 Å². The first-order valence-corrected chi connectivity index (χ1v) is 31.3. The highest BCUT2D eigenvalue weighted by atomic mass is 35.5. The number of aromatic hydroxyl groups is 1. The first-order chi connectivity index (χ1) is 41.4. The number of nitrogens with one attached hydrogen (secondary N) is 3. The van der Waals surface area contributed by atoms with Gasteiger partial charge in [-0.2, -0.15) is 0 Å². The number of halogens is 5. The number of fused-ring (bicyclic) bond motifs is 3. The molecule has 0 bridgehead atoms. The van der Waals surface area contributed by atoms with Crippen LogP contribution in [0.2, 0.25) is 15.2 Å². The smallest absolute Gasteiger partial charge is 0.347 e. The Balaban J connectivity index is -0.000000245. The number of pyridine rings is 3. The number of aromatic amines is 2. The summed E-state index contributed by atoms with van der Waals surface area (Å²) in [5.41, 5.74) is 7.30. The summed E-state index contributed by atoms with van der Waals surface area (Å²) in [6.45, 7) is 13.5. The highest BCUT2D eigenvalue weighted by Gasteiger charge is 2.23. The first kappa shape index (κ1) is 97.9. The third kappa shape index (κ3) is 29.6. The van der Waals surface area contributed by atoms with Crippen LogP contribution in [-0.4, -0.2) is 120 Å². The molecule has 8 heterocycles. The maximum atomic E-state index is 11.6. The van der Waals surface area contributed by atoms with Gasteiger partial charge in [-0.25, -0.2) is 29.0 Å². The average molecular weight is 1510 g/mol. The molecular formula is C60H82Cl5N5O19S5. The Labute approximate surface area is 592 Å². The summed E-state index contributed by atoms with van der Waals surface area (Å²) in [4.78, 5) is 132. The molecule has 0 saturated carbocycles. The Bertz CT molecular complexity index is 3670. The molecule has 8 aromatic rings. The van der Waals surface area contributed by atoms with Crippen LogP contribution in [0.5, 0.6) is 5.75 Å². The topological polar surface area (TPSA) is 355 Å². The predicted octanol–water partition coefficient (Wildman–Crippen LogP) is 16.2. The Morgan fingerprint density at radius 1 is 0.521 bits per heavy atom. The number of esters is 7. The van der Waals surface area contributed by atoms with E-state index in [4.69, 9.17) is 66.3 Å². The summed E-state index contributed by atoms with van der Waals surface area (Å²) >= 11 is 29.7. The molecule has 24 nitrogen and oxygen atoms in total. The lowest BCUT2D eigenvalue weighted by molar-refractivity contribution is -0.146. The highest BCUT2D eigenvalue weighted by Crippen LogP contribution is 2.34. The Kier molecular flexibility index (Phi) is 53.3. The number of carbonyl (C=O) groups is 9. The number of nitrogens with two attached hydrogens (primary N) is 1. The second kappa shape index (κ2) is 51.2. The molecule has 0 radical (unpaired) electrons. The third-order valence-electron chi connectivity index (χ3n) is 9.82. The largest absolute Gasteiger partial charge is 0.506 e. The van der Waals surface area contributed by atoms with Crippen molar-refractivity contribution in [1.29, 1.82) is 0 Å². The number of anilines is 2. The minimum Gasteiger partial charge on any atom is -0.506 e. The molecule has 8 aromatic heterocycles. The third-order valence-corrected chi connectivity index (χ3v) is 14.7. The van der Waals surface area contributed by atoms with Crippen molar-refractivity contribution >= 4 is 213 Å². The number of hydrogen-bond donors (Lipinski definition) is 5. The van der Waals surface area contributed by atoms with E-state index in [2.05, 4.69) is 39.2 Å². The predicted molar refractivity (Wildman–Crippen MR) is 386 cm³/mol. The zero-order chi connectivity index (χ0) is 65.5. The van der Waals surface area contributed by atoms with E-state index in [0.29, 0.717) is 49.3 Å². The minimum atomic E-state index is -0.811. The van der Waals surface area contributed by atoms with E-state index in [9.17, 15) is 57.8 Å². The number of thiophene rings is 5. The van der Waals surface area contributed by atoms with E-state index in [1.165, 1.54) is 70.9 Å². The summed E-state index contributed by atoms with van der Waals surface area (Å²) in [6, 6.07) is 0. The van der Waals surface area contributed by atoms with Crippen LogP contribution in [0, 0.1) is 0 Å². The molecule has 6 N–H and O–H groups in total. The molecule has 94 heavy (non-hydrogen) atoms. The molecule has 526 valence electrons. The lowest BCUT2D eigenvalue weighted by Gasteiger charge is -2.06. The number of nitrogens with zero attached hydrogens (tertiary/aromatic N) is 1. The van der Waals surface area contributed by atoms with Gasteiger partial charge in [0.05, 0.1) is 102 Å². The monoisotopic (exact) mass is 1510 g/mol. The molecular weight excluding hydrogens is 1430 g/mol. The number of H-pyrrole nitrogens is 2. The number of nitrogen functional groups attached to an aromatic ring is 1. The average Bonchev–Trinajstić information content (AvgIpc) is 1.46. The SMILES string of the molecule is C.C.C.C.C.C.CC.CCOC(=O)CC(=O)Cl.CCOC(=O)CC(=O)Nc1cscc1C(=O)OC.CCOC(=O)c1c(Cl)c2cscc2[nH]c1=O.CCOC(=O)c1c(Cl)nc2cscc2c1Cl.CCOC(=O)c1c(O)c2cscc2[nH]c1=O.COC(=O)c1cscc1N.Cl. The second-order valence-corrected chi connectivity index (χ2v) is 20.7. The van der Waals surface area contributed by atoms with Crippen molar-refractivity contribution in [2.24, 2.45) is 0 Å². The van der Waals surface area contributed by atoms with Gasteiger partial charge in [-0.15, -0.1) is 69.1 Å². The maximum Gasteiger partial charge on any atom is 0.347 e. The molecule has 0 atom stereocenters. The van der Waals surface area contributed by atoms with Gasteiger partial charge >= 0.3 is 41.8 Å². The Hall–Kier alpha value is -7.19. The summed E-state index contributed by atoms with van der Waals surface area (Å²) in [7, 11) is 2.59. The van der Waals surface area contributed by atoms with Gasteiger partial charge in [-0.3, -0.25) is 28.8 Å². The fraction of sp³-hybridized carbons (Fsp3) is 0.367. The molecule has 0 aliphatic heterocycles. The Morgan fingerprint density at radius 2 is 0.915 bits per heavy atom. The number of aromatic nitrogens is 3. The number of amides is 1. The van der Waals surface area contributed by atoms with E-state index in [1.54, 1.807) is 77.7 Å². The second-order valence-electron chi connectivity index (χ2n) is 15.4. The van der Waals surface area contributed by atoms with Crippen LogP contribution in [0.4, 0.5) is 11.4 Å². The number of methoxy groups -OCH3 is 2. The summed E-state index contributed by atoms with van der Waals surface area (Å²) < 4.78 is 32.4.